The van der Waals surface area contributed by atoms with E-state index < -0.39 is 75.6 Å². The molecule has 0 aliphatic carbocycles. The molecule has 2 fully saturated rings. The number of nitrogens with one attached hydrogen (secondary N) is 3. The van der Waals surface area contributed by atoms with Gasteiger partial charge in [0.15, 0.2) is 28.9 Å². The van der Waals surface area contributed by atoms with E-state index in [4.69, 9.17) is 10.6 Å². The minimum absolute atomic E-state index is 0.0166. The second-order valence-corrected chi connectivity index (χ2v) is 15.0. The van der Waals surface area contributed by atoms with Crippen LogP contribution >= 0.6 is 23.1 Å². The first-order chi connectivity index (χ1) is 25.2. The summed E-state index contributed by atoms with van der Waals surface area (Å²) in [7, 11) is 0. The second kappa shape index (κ2) is 14.8. The molecule has 3 aromatic rings. The predicted molar refractivity (Wildman–Crippen MR) is 185 cm³/mol. The Balaban J connectivity index is 1.17. The molecule has 0 saturated carbocycles. The number of nitrogen functional groups attached to an aromatic ring is 1. The van der Waals surface area contributed by atoms with Crippen molar-refractivity contribution < 1.29 is 53.7 Å². The van der Waals surface area contributed by atoms with Crippen LogP contribution in [0, 0.1) is 0 Å². The number of oxime groups is 1. The first-order valence-corrected chi connectivity index (χ1v) is 18.1. The number of nitrogens with zero attached hydrogens (tertiary/aromatic N) is 4. The molecule has 3 aliphatic rings. The Bertz CT molecular complexity index is 2140. The summed E-state index contributed by atoms with van der Waals surface area (Å²) in [6.45, 7) is 2.90. The van der Waals surface area contributed by atoms with Crippen molar-refractivity contribution in [3.05, 3.63) is 56.5 Å². The Labute approximate surface area is 307 Å². The van der Waals surface area contributed by atoms with Crippen molar-refractivity contribution in [2.75, 3.05) is 45.1 Å². The summed E-state index contributed by atoms with van der Waals surface area (Å²) < 4.78 is 0.397. The highest BCUT2D eigenvalue weighted by molar-refractivity contribution is 8.00. The molecule has 53 heavy (non-hydrogen) atoms. The van der Waals surface area contributed by atoms with Gasteiger partial charge in [0.1, 0.15) is 29.2 Å². The van der Waals surface area contributed by atoms with Crippen molar-refractivity contribution >= 4 is 74.5 Å². The number of aromatic nitrogens is 2. The first kappa shape index (κ1) is 37.1. The van der Waals surface area contributed by atoms with Crippen LogP contribution in [0.3, 0.4) is 0 Å². The normalized spacial score (nSPS) is 20.8. The van der Waals surface area contributed by atoms with Crippen LogP contribution in [-0.2, 0) is 24.0 Å². The summed E-state index contributed by atoms with van der Waals surface area (Å²) in [4.78, 5) is 88.8. The number of rotatable bonds is 13. The van der Waals surface area contributed by atoms with E-state index in [0.29, 0.717) is 29.7 Å². The number of carbonyl (C=O) groups excluding carboxylic acids is 5. The molecule has 0 unspecified atom stereocenters. The number of H-pyrrole nitrogens is 1. The number of likely N-dealkylation sites (tertiary alicyclic amines) is 1. The number of hydrogen-bond donors (Lipinski definition) is 6. The number of phenolic OH excluding ortho intramolecular Hbond substituents is 2. The Morgan fingerprint density at radius 3 is 2.55 bits per heavy atom. The van der Waals surface area contributed by atoms with Crippen molar-refractivity contribution in [3.8, 4) is 11.5 Å². The molecule has 280 valence electrons. The van der Waals surface area contributed by atoms with Gasteiger partial charge in [-0.3, -0.25) is 24.1 Å². The number of aromatic amines is 1. The average molecular weight is 770 g/mol. The predicted octanol–water partition coefficient (Wildman–Crippen LogP) is -2.72. The van der Waals surface area contributed by atoms with Gasteiger partial charge >= 0.3 is 0 Å². The maximum Gasteiger partial charge on any atom is 0.276 e. The molecule has 2 aromatic heterocycles. The zero-order valence-corrected chi connectivity index (χ0v) is 29.6. The summed E-state index contributed by atoms with van der Waals surface area (Å²) in [5.74, 6) is -6.39. The third kappa shape index (κ3) is 7.35. The molecule has 19 nitrogen and oxygen atoms in total. The Morgan fingerprint density at radius 1 is 1.17 bits per heavy atom. The van der Waals surface area contributed by atoms with E-state index in [1.807, 2.05) is 0 Å². The summed E-state index contributed by atoms with van der Waals surface area (Å²) in [6.07, 6.45) is 2.90. The third-order valence-electron chi connectivity index (χ3n) is 9.33. The summed E-state index contributed by atoms with van der Waals surface area (Å²) in [6, 6.07) is 1.07. The van der Waals surface area contributed by atoms with Gasteiger partial charge in [0.25, 0.3) is 17.7 Å². The van der Waals surface area contributed by atoms with Crippen molar-refractivity contribution in [2.24, 2.45) is 5.16 Å². The number of fused-ring (bicyclic) bond motifs is 2. The number of benzene rings is 1. The van der Waals surface area contributed by atoms with Crippen LogP contribution in [-0.4, -0.2) is 121 Å². The Kier molecular flexibility index (Phi) is 10.3. The Morgan fingerprint density at radius 2 is 1.89 bits per heavy atom. The minimum atomic E-state index is -1.59. The van der Waals surface area contributed by atoms with E-state index in [9.17, 15) is 49.2 Å². The van der Waals surface area contributed by atoms with E-state index in [2.05, 4.69) is 25.8 Å². The van der Waals surface area contributed by atoms with Crippen molar-refractivity contribution in [2.45, 2.75) is 36.4 Å². The number of nitrogens with two attached hydrogens (primary N) is 1. The van der Waals surface area contributed by atoms with E-state index in [0.717, 1.165) is 35.1 Å². The van der Waals surface area contributed by atoms with Gasteiger partial charge in [0.2, 0.25) is 5.43 Å². The molecule has 0 spiro atoms. The van der Waals surface area contributed by atoms with E-state index >= 15 is 0 Å². The molecule has 21 heteroatoms. The van der Waals surface area contributed by atoms with Gasteiger partial charge in [-0.15, -0.1) is 23.1 Å². The number of thioether (sulfide) groups is 1. The van der Waals surface area contributed by atoms with Crippen LogP contribution in [0.25, 0.3) is 10.9 Å². The standard InChI is InChI=1S/C32H34N8O11S2/c1-14-17(11-40(5-2-3-6-40)7-4-34-27(46)16-10-35-18-9-21(42)20(41)8-15(18)26(16)45)25(31(49)50)39-29(48)24(30(39)53-14)37-28(47)23(38-51-12-22(43)44)19-13-52-32(33)36-19/h8-10,13-14,24,30H,2-7,11-12H2,1H3,(H8-,33,34,35,36,37,38,41,42,43,44,45,46,47,49,50)/p-1/t14-,24+,30+/m0/s1. The molecular weight excluding hydrogens is 737 g/mol. The van der Waals surface area contributed by atoms with Crippen LogP contribution in [0.2, 0.25) is 0 Å². The number of β-lactam (4-membered cyclic amide) rings is 1. The van der Waals surface area contributed by atoms with Gasteiger partial charge in [-0.05, 0) is 13.0 Å². The lowest BCUT2D eigenvalue weighted by Gasteiger charge is -2.53. The summed E-state index contributed by atoms with van der Waals surface area (Å²) in [5.41, 5.74) is 4.76. The summed E-state index contributed by atoms with van der Waals surface area (Å²) in [5, 5.41) is 52.1. The molecular formula is C32H33N8O11S2-. The molecule has 0 bridgehead atoms. The number of pyridine rings is 1. The van der Waals surface area contributed by atoms with Crippen molar-refractivity contribution in [3.63, 3.8) is 0 Å². The molecule has 7 N–H and O–H groups in total. The lowest BCUT2D eigenvalue weighted by molar-refractivity contribution is -0.911. The average Bonchev–Trinajstić information content (AvgIpc) is 3.76. The number of carbonyl (C=O) groups is 5. The minimum Gasteiger partial charge on any atom is -0.546 e. The third-order valence-corrected chi connectivity index (χ3v) is 11.5. The molecule has 3 amide bonds. The van der Waals surface area contributed by atoms with Gasteiger partial charge in [0.05, 0.1) is 54.7 Å². The number of amides is 3. The van der Waals surface area contributed by atoms with Crippen LogP contribution in [0.5, 0.6) is 11.5 Å². The van der Waals surface area contributed by atoms with Gasteiger partial charge < -0.3 is 60.7 Å². The molecule has 5 heterocycles. The molecule has 6 rings (SSSR count). The zero-order chi connectivity index (χ0) is 38.2. The van der Waals surface area contributed by atoms with Crippen molar-refractivity contribution in [1.29, 1.82) is 0 Å². The number of quaternary nitrogens is 1. The molecule has 2 saturated heterocycles. The largest absolute Gasteiger partial charge is 0.546 e. The number of carboxylic acids is 2. The number of anilines is 1. The lowest BCUT2D eigenvalue weighted by atomic mass is 9.99. The molecule has 3 aliphatic heterocycles. The number of carboxylic acid groups (broad SMARTS) is 2. The highest BCUT2D eigenvalue weighted by atomic mass is 32.2. The van der Waals surface area contributed by atoms with Crippen LogP contribution < -0.4 is 32.0 Å². The van der Waals surface area contributed by atoms with Crippen molar-refractivity contribution in [1.82, 2.24) is 25.5 Å². The van der Waals surface area contributed by atoms with E-state index in [1.165, 1.54) is 29.4 Å². The number of aliphatic carboxylic acids is 2. The zero-order valence-electron chi connectivity index (χ0n) is 27.9. The van der Waals surface area contributed by atoms with Gasteiger partial charge in [-0.25, -0.2) is 4.98 Å². The van der Waals surface area contributed by atoms with Crippen LogP contribution in [0.4, 0.5) is 5.13 Å². The van der Waals surface area contributed by atoms with Gasteiger partial charge in [-0.1, -0.05) is 5.16 Å². The topological polar surface area (TPSA) is 293 Å². The monoisotopic (exact) mass is 769 g/mol. The smallest absolute Gasteiger partial charge is 0.276 e. The summed E-state index contributed by atoms with van der Waals surface area (Å²) >= 11 is 2.25. The quantitative estimate of drug-likeness (QED) is 0.0339. The molecule has 3 atom stereocenters. The number of phenols is 2. The van der Waals surface area contributed by atoms with Crippen LogP contribution in [0.1, 0.15) is 35.8 Å². The second-order valence-electron chi connectivity index (χ2n) is 12.7. The number of hydrogen-bond acceptors (Lipinski definition) is 16. The van der Waals surface area contributed by atoms with E-state index in [1.54, 1.807) is 6.92 Å². The Hall–Kier alpha value is -5.67. The highest BCUT2D eigenvalue weighted by Gasteiger charge is 2.55. The van der Waals surface area contributed by atoms with E-state index in [-0.39, 0.29) is 46.1 Å². The lowest BCUT2D eigenvalue weighted by Crippen LogP contribution is -2.72. The molecule has 1 aromatic carbocycles. The fourth-order valence-corrected chi connectivity index (χ4v) is 8.74. The fraction of sp³-hybridized carbons (Fsp3) is 0.375. The SMILES string of the molecule is C[C@@H]1S[C@@H]2[C@H](NC(=O)/C(=N\OCC(=O)[O-])c3csc(N)n3)C(=O)N2C(C(=O)[O-])=C1C[N+]1(CCNC(=O)c2c[nH]c3cc(O)c(O)cc3c2=O)CCCC1. The number of aromatic hydroxyl groups is 2. The van der Waals surface area contributed by atoms with Crippen LogP contribution in [0.15, 0.2) is 44.9 Å². The van der Waals surface area contributed by atoms with Gasteiger partial charge in [0, 0.05) is 41.3 Å². The first-order valence-electron chi connectivity index (χ1n) is 16.3. The molecule has 0 radical (unpaired) electrons. The van der Waals surface area contributed by atoms with Gasteiger partial charge in [-0.2, -0.15) is 0 Å². The maximum absolute atomic E-state index is 13.5. The maximum atomic E-state index is 13.5. The fourth-order valence-electron chi connectivity index (χ4n) is 6.75. The number of thiazole rings is 1. The highest BCUT2D eigenvalue weighted by Crippen LogP contribution is 2.45.